The van der Waals surface area contributed by atoms with Gasteiger partial charge < -0.3 is 20.1 Å². The van der Waals surface area contributed by atoms with Crippen molar-refractivity contribution < 1.29 is 14.3 Å². The average Bonchev–Trinajstić information content (AvgIpc) is 3.30. The second-order valence-electron chi connectivity index (χ2n) is 6.34. The number of carbonyl (C=O) groups is 1. The van der Waals surface area contributed by atoms with Gasteiger partial charge in [-0.2, -0.15) is 0 Å². The van der Waals surface area contributed by atoms with Crippen LogP contribution < -0.4 is 11.1 Å². The van der Waals surface area contributed by atoms with Crippen LogP contribution in [-0.4, -0.2) is 10.7 Å². The van der Waals surface area contributed by atoms with Gasteiger partial charge >= 0.3 is 6.09 Å². The number of ether oxygens (including phenoxy) is 2. The van der Waals surface area contributed by atoms with Gasteiger partial charge in [-0.05, 0) is 29.8 Å². The van der Waals surface area contributed by atoms with Crippen LogP contribution in [0.25, 0.3) is 10.5 Å². The van der Waals surface area contributed by atoms with Gasteiger partial charge in [-0.15, -0.1) is 0 Å². The number of hydrogen-bond donors (Lipinski definition) is 2. The first-order chi connectivity index (χ1) is 13.7. The van der Waals surface area contributed by atoms with Crippen molar-refractivity contribution in [1.82, 2.24) is 4.57 Å². The number of nitrogens with two attached hydrogens (primary N) is 1. The van der Waals surface area contributed by atoms with Crippen molar-refractivity contribution in [1.29, 1.82) is 0 Å². The molecule has 0 bridgehead atoms. The number of nitrogen functional groups attached to an aromatic ring is 1. The minimum Gasteiger partial charge on any atom is -0.444 e. The molecule has 0 atom stereocenters. The molecule has 3 aromatic rings. The molecule has 3 N–H and O–H groups in total. The van der Waals surface area contributed by atoms with E-state index >= 15 is 0 Å². The van der Waals surface area contributed by atoms with Gasteiger partial charge in [0, 0.05) is 11.3 Å². The van der Waals surface area contributed by atoms with Crippen molar-refractivity contribution in [3.8, 4) is 5.69 Å². The molecule has 2 aromatic carbocycles. The number of rotatable bonds is 4. The molecular formula is C21H18N4O3. The van der Waals surface area contributed by atoms with Gasteiger partial charge in [-0.1, -0.05) is 36.9 Å². The zero-order chi connectivity index (χ0) is 19.5. The van der Waals surface area contributed by atoms with Gasteiger partial charge in [0.15, 0.2) is 0 Å². The van der Waals surface area contributed by atoms with Crippen molar-refractivity contribution in [2.45, 2.75) is 19.8 Å². The predicted molar refractivity (Wildman–Crippen MR) is 105 cm³/mol. The first-order valence-corrected chi connectivity index (χ1v) is 8.72. The van der Waals surface area contributed by atoms with Crippen LogP contribution in [0.1, 0.15) is 16.8 Å². The third-order valence-corrected chi connectivity index (χ3v) is 4.57. The minimum atomic E-state index is -0.530. The van der Waals surface area contributed by atoms with Crippen molar-refractivity contribution in [3.63, 3.8) is 0 Å². The largest absolute Gasteiger partial charge is 0.444 e. The molecule has 0 aliphatic carbocycles. The predicted octanol–water partition coefficient (Wildman–Crippen LogP) is 4.39. The normalized spacial score (nSPS) is 12.2. The molecule has 0 fully saturated rings. The second kappa shape index (κ2) is 7.47. The molecule has 0 radical (unpaired) electrons. The lowest BCUT2D eigenvalue weighted by molar-refractivity contribution is 0.132. The van der Waals surface area contributed by atoms with E-state index in [1.165, 1.54) is 0 Å². The zero-order valence-electron chi connectivity index (χ0n) is 15.0. The van der Waals surface area contributed by atoms with Gasteiger partial charge in [-0.25, -0.2) is 4.79 Å². The minimum absolute atomic E-state index is 0.202. The third kappa shape index (κ3) is 3.29. The Morgan fingerprint density at radius 2 is 1.93 bits per heavy atom. The van der Waals surface area contributed by atoms with Crippen molar-refractivity contribution in [2.75, 3.05) is 11.1 Å². The molecule has 0 saturated carbocycles. The summed E-state index contributed by atoms with van der Waals surface area (Å²) in [5.41, 5.74) is 10.6. The Hall–Kier alpha value is -3.76. The summed E-state index contributed by atoms with van der Waals surface area (Å²) in [5, 5.41) is 2.70. The van der Waals surface area contributed by atoms with Gasteiger partial charge in [0.2, 0.25) is 0 Å². The quantitative estimate of drug-likeness (QED) is 0.664. The Bertz CT molecular complexity index is 1050. The molecule has 1 aromatic heterocycles. The molecule has 4 rings (SSSR count). The molecule has 7 nitrogen and oxygen atoms in total. The molecule has 0 spiro atoms. The van der Waals surface area contributed by atoms with Crippen molar-refractivity contribution >= 4 is 23.3 Å². The van der Waals surface area contributed by atoms with Crippen molar-refractivity contribution in [2.24, 2.45) is 0 Å². The summed E-state index contributed by atoms with van der Waals surface area (Å²) in [5.74, 6) is 0.385. The Morgan fingerprint density at radius 1 is 1.18 bits per heavy atom. The van der Waals surface area contributed by atoms with Gasteiger partial charge in [-0.3, -0.25) is 9.88 Å². The van der Waals surface area contributed by atoms with E-state index in [0.717, 1.165) is 22.5 Å². The lowest BCUT2D eigenvalue weighted by Crippen LogP contribution is -2.13. The standard InChI is InChI=1S/C21H18N4O3/c1-23-20-19(22)17-12-27-13-18(17)25(20)16-9-7-15(8-10-16)24-21(26)28-11-14-5-3-2-4-6-14/h2-10H,11-13,22H2,(H,24,26). The number of fused-ring (bicyclic) bond motifs is 1. The van der Waals surface area contributed by atoms with E-state index in [9.17, 15) is 4.79 Å². The van der Waals surface area contributed by atoms with Crippen LogP contribution in [0.2, 0.25) is 0 Å². The molecule has 7 heteroatoms. The van der Waals surface area contributed by atoms with Crippen LogP contribution in [0.5, 0.6) is 0 Å². The van der Waals surface area contributed by atoms with E-state index in [2.05, 4.69) is 10.2 Å². The number of anilines is 2. The fourth-order valence-corrected chi connectivity index (χ4v) is 3.20. The Morgan fingerprint density at radius 3 is 2.64 bits per heavy atom. The monoisotopic (exact) mass is 374 g/mol. The number of carbonyl (C=O) groups excluding carboxylic acids is 1. The van der Waals surface area contributed by atoms with Crippen LogP contribution in [0.4, 0.5) is 22.0 Å². The number of amides is 1. The van der Waals surface area contributed by atoms with Crippen LogP contribution in [-0.2, 0) is 29.3 Å². The van der Waals surface area contributed by atoms with Gasteiger partial charge in [0.1, 0.15) is 24.6 Å². The van der Waals surface area contributed by atoms with Crippen LogP contribution >= 0.6 is 0 Å². The Labute approximate surface area is 162 Å². The first kappa shape index (κ1) is 17.6. The van der Waals surface area contributed by atoms with E-state index < -0.39 is 6.09 Å². The summed E-state index contributed by atoms with van der Waals surface area (Å²) < 4.78 is 12.5. The molecule has 1 amide bonds. The maximum Gasteiger partial charge on any atom is 0.411 e. The van der Waals surface area contributed by atoms with Gasteiger partial charge in [0.05, 0.1) is 12.3 Å². The molecule has 2 heterocycles. The number of nitrogens with one attached hydrogen (secondary N) is 1. The molecule has 0 unspecified atom stereocenters. The summed E-state index contributed by atoms with van der Waals surface area (Å²) in [7, 11) is 0. The molecule has 140 valence electrons. The van der Waals surface area contributed by atoms with Crippen LogP contribution in [0.3, 0.4) is 0 Å². The molecular weight excluding hydrogens is 356 g/mol. The molecule has 0 saturated heterocycles. The Kier molecular flexibility index (Phi) is 4.70. The van der Waals surface area contributed by atoms with Gasteiger partial charge in [0.25, 0.3) is 5.82 Å². The Balaban J connectivity index is 1.47. The fraction of sp³-hybridized carbons (Fsp3) is 0.143. The lowest BCUT2D eigenvalue weighted by Gasteiger charge is -2.09. The van der Waals surface area contributed by atoms with E-state index in [-0.39, 0.29) is 6.61 Å². The van der Waals surface area contributed by atoms with Crippen LogP contribution in [0, 0.1) is 6.57 Å². The van der Waals surface area contributed by atoms with Crippen LogP contribution in [0.15, 0.2) is 54.6 Å². The summed E-state index contributed by atoms with van der Waals surface area (Å²) in [6.07, 6.45) is -0.530. The maximum atomic E-state index is 12.0. The third-order valence-electron chi connectivity index (χ3n) is 4.57. The molecule has 28 heavy (non-hydrogen) atoms. The first-order valence-electron chi connectivity index (χ1n) is 8.72. The van der Waals surface area contributed by atoms with E-state index in [1.807, 2.05) is 47.0 Å². The molecule has 1 aliphatic heterocycles. The number of nitrogens with zero attached hydrogens (tertiary/aromatic N) is 2. The summed E-state index contributed by atoms with van der Waals surface area (Å²) in [6.45, 7) is 8.49. The number of benzene rings is 2. The lowest BCUT2D eigenvalue weighted by atomic mass is 10.2. The summed E-state index contributed by atoms with van der Waals surface area (Å²) in [6, 6.07) is 16.6. The highest BCUT2D eigenvalue weighted by atomic mass is 16.5. The average molecular weight is 374 g/mol. The highest BCUT2D eigenvalue weighted by Crippen LogP contribution is 2.39. The maximum absolute atomic E-state index is 12.0. The smallest absolute Gasteiger partial charge is 0.411 e. The highest BCUT2D eigenvalue weighted by molar-refractivity contribution is 5.84. The van der Waals surface area contributed by atoms with E-state index in [0.29, 0.717) is 30.4 Å². The topological polar surface area (TPSA) is 82.9 Å². The van der Waals surface area contributed by atoms with E-state index in [4.69, 9.17) is 21.8 Å². The second-order valence-corrected chi connectivity index (χ2v) is 6.34. The SMILES string of the molecule is [C-]#[N+]c1c(N)c2c(n1-c1ccc(NC(=O)OCc3ccccc3)cc1)COC2. The fourth-order valence-electron chi connectivity index (χ4n) is 3.20. The summed E-state index contributed by atoms with van der Waals surface area (Å²) in [4.78, 5) is 15.6. The highest BCUT2D eigenvalue weighted by Gasteiger charge is 2.28. The number of hydrogen-bond acceptors (Lipinski definition) is 4. The summed E-state index contributed by atoms with van der Waals surface area (Å²) >= 11 is 0. The number of aromatic nitrogens is 1. The molecule has 1 aliphatic rings. The zero-order valence-corrected chi connectivity index (χ0v) is 15.0. The van der Waals surface area contributed by atoms with Crippen molar-refractivity contribution in [3.05, 3.63) is 82.8 Å². The van der Waals surface area contributed by atoms with E-state index in [1.54, 1.807) is 12.1 Å².